The number of carbonyl (C=O) groups excluding carboxylic acids is 2. The first kappa shape index (κ1) is 17.5. The number of anilines is 1. The van der Waals surface area contributed by atoms with Crippen LogP contribution in [0.25, 0.3) is 0 Å². The van der Waals surface area contributed by atoms with E-state index in [0.717, 1.165) is 31.7 Å². The molecule has 0 spiro atoms. The van der Waals surface area contributed by atoms with Gasteiger partial charge >= 0.3 is 0 Å². The van der Waals surface area contributed by atoms with E-state index in [1.165, 1.54) is 12.7 Å². The summed E-state index contributed by atoms with van der Waals surface area (Å²) in [5, 5.41) is 8.39. The monoisotopic (exact) mass is 369 g/mol. The topological polar surface area (TPSA) is 82.8 Å². The van der Waals surface area contributed by atoms with Gasteiger partial charge in [0.1, 0.15) is 0 Å². The van der Waals surface area contributed by atoms with Crippen LogP contribution in [0.1, 0.15) is 40.3 Å². The van der Waals surface area contributed by atoms with Crippen molar-refractivity contribution in [1.82, 2.24) is 20.0 Å². The Bertz CT molecular complexity index is 776. The maximum atomic E-state index is 12.5. The van der Waals surface area contributed by atoms with Crippen LogP contribution in [0.3, 0.4) is 0 Å². The smallest absolute Gasteiger partial charge is 0.289 e. The molecule has 2 aliphatic rings. The van der Waals surface area contributed by atoms with Gasteiger partial charge in [-0.3, -0.25) is 9.59 Å². The summed E-state index contributed by atoms with van der Waals surface area (Å²) in [4.78, 5) is 30.5. The average molecular weight is 369 g/mol. The molecule has 27 heavy (non-hydrogen) atoms. The van der Waals surface area contributed by atoms with Crippen LogP contribution in [0.15, 0.2) is 34.9 Å². The first-order valence-electron chi connectivity index (χ1n) is 9.43. The summed E-state index contributed by atoms with van der Waals surface area (Å²) in [6.45, 7) is 4.12. The fraction of sp³-hybridized carbons (Fsp3) is 0.474. The second kappa shape index (κ2) is 7.77. The second-order valence-electron chi connectivity index (χ2n) is 6.89. The molecule has 2 aromatic rings. The van der Waals surface area contributed by atoms with Gasteiger partial charge in [0, 0.05) is 39.3 Å². The van der Waals surface area contributed by atoms with Crippen molar-refractivity contribution in [2.75, 3.05) is 44.2 Å². The van der Waals surface area contributed by atoms with Gasteiger partial charge in [0.2, 0.25) is 0 Å². The van der Waals surface area contributed by atoms with Crippen LogP contribution >= 0.6 is 0 Å². The van der Waals surface area contributed by atoms with Crippen LogP contribution in [0.2, 0.25) is 0 Å². The van der Waals surface area contributed by atoms with Crippen LogP contribution in [-0.4, -0.2) is 71.1 Å². The minimum atomic E-state index is -0.0896. The van der Waals surface area contributed by atoms with Gasteiger partial charge in [-0.1, -0.05) is 0 Å². The Kier molecular flexibility index (Phi) is 5.04. The zero-order valence-electron chi connectivity index (χ0n) is 15.2. The van der Waals surface area contributed by atoms with E-state index < -0.39 is 0 Å². The zero-order chi connectivity index (χ0) is 18.6. The van der Waals surface area contributed by atoms with E-state index >= 15 is 0 Å². The number of hydrogen-bond acceptors (Lipinski definition) is 6. The van der Waals surface area contributed by atoms with E-state index in [1.807, 2.05) is 11.0 Å². The van der Waals surface area contributed by atoms with Gasteiger partial charge in [-0.25, -0.2) is 0 Å². The summed E-state index contributed by atoms with van der Waals surface area (Å²) in [5.74, 6) is 0.968. The molecule has 2 amide bonds. The van der Waals surface area contributed by atoms with E-state index in [2.05, 4.69) is 15.1 Å². The minimum absolute atomic E-state index is 0.0392. The molecule has 0 atom stereocenters. The molecule has 2 aromatic heterocycles. The quantitative estimate of drug-likeness (QED) is 0.818. The van der Waals surface area contributed by atoms with Gasteiger partial charge in [0.15, 0.2) is 17.3 Å². The summed E-state index contributed by atoms with van der Waals surface area (Å²) >= 11 is 0. The predicted molar refractivity (Wildman–Crippen MR) is 98.6 cm³/mol. The predicted octanol–water partition coefficient (Wildman–Crippen LogP) is 1.66. The van der Waals surface area contributed by atoms with E-state index in [1.54, 1.807) is 23.1 Å². The number of nitrogens with zero attached hydrogens (tertiary/aromatic N) is 5. The molecule has 0 N–H and O–H groups in total. The van der Waals surface area contributed by atoms with Crippen molar-refractivity contribution < 1.29 is 14.0 Å². The Hall–Kier alpha value is -2.90. The molecule has 0 aromatic carbocycles. The molecule has 2 fully saturated rings. The summed E-state index contributed by atoms with van der Waals surface area (Å²) in [7, 11) is 0. The van der Waals surface area contributed by atoms with Crippen LogP contribution in [-0.2, 0) is 0 Å². The first-order valence-corrected chi connectivity index (χ1v) is 9.43. The number of hydrogen-bond donors (Lipinski definition) is 0. The van der Waals surface area contributed by atoms with Gasteiger partial charge < -0.3 is 19.1 Å². The maximum absolute atomic E-state index is 12.5. The fourth-order valence-corrected chi connectivity index (χ4v) is 3.56. The summed E-state index contributed by atoms with van der Waals surface area (Å²) < 4.78 is 5.18. The Morgan fingerprint density at radius 1 is 0.815 bits per heavy atom. The number of likely N-dealkylation sites (tertiary alicyclic amines) is 1. The summed E-state index contributed by atoms with van der Waals surface area (Å²) in [6, 6.07) is 6.98. The zero-order valence-corrected chi connectivity index (χ0v) is 15.2. The molecule has 4 heterocycles. The molecule has 8 nitrogen and oxygen atoms in total. The number of rotatable bonds is 3. The lowest BCUT2D eigenvalue weighted by atomic mass is 10.1. The van der Waals surface area contributed by atoms with Crippen LogP contribution in [0.4, 0.5) is 5.82 Å². The number of piperazine rings is 1. The number of carbonyl (C=O) groups is 2. The molecule has 8 heteroatoms. The number of amides is 2. The Morgan fingerprint density at radius 3 is 2.19 bits per heavy atom. The molecule has 2 saturated heterocycles. The molecule has 0 unspecified atom stereocenters. The third-order valence-electron chi connectivity index (χ3n) is 5.14. The molecular weight excluding hydrogens is 346 g/mol. The lowest BCUT2D eigenvalue weighted by molar-refractivity contribution is 0.0707. The van der Waals surface area contributed by atoms with Crippen molar-refractivity contribution >= 4 is 17.6 Å². The molecular formula is C19H23N5O3. The number of piperidine rings is 1. The maximum Gasteiger partial charge on any atom is 0.289 e. The van der Waals surface area contributed by atoms with E-state index in [-0.39, 0.29) is 11.8 Å². The standard InChI is InChI=1S/C19H23N5O3/c25-18(23-8-2-1-3-9-23)15-6-7-17(21-20-15)22-10-12-24(13-11-22)19(26)16-5-4-14-27-16/h4-7,14H,1-3,8-13H2. The first-order chi connectivity index (χ1) is 13.2. The average Bonchev–Trinajstić information content (AvgIpc) is 3.28. The summed E-state index contributed by atoms with van der Waals surface area (Å²) in [6.07, 6.45) is 4.80. The van der Waals surface area contributed by atoms with Crippen molar-refractivity contribution in [1.29, 1.82) is 0 Å². The van der Waals surface area contributed by atoms with Gasteiger partial charge in [-0.05, 0) is 43.5 Å². The molecule has 4 rings (SSSR count). The lowest BCUT2D eigenvalue weighted by Gasteiger charge is -2.34. The second-order valence-corrected chi connectivity index (χ2v) is 6.89. The molecule has 0 bridgehead atoms. The lowest BCUT2D eigenvalue weighted by Crippen LogP contribution is -2.49. The van der Waals surface area contributed by atoms with Crippen LogP contribution in [0.5, 0.6) is 0 Å². The summed E-state index contributed by atoms with van der Waals surface area (Å²) in [5.41, 5.74) is 0.396. The van der Waals surface area contributed by atoms with E-state index in [9.17, 15) is 9.59 Å². The van der Waals surface area contributed by atoms with Crippen LogP contribution < -0.4 is 4.90 Å². The Balaban J connectivity index is 1.34. The van der Waals surface area contributed by atoms with E-state index in [0.29, 0.717) is 37.6 Å². The van der Waals surface area contributed by atoms with Gasteiger partial charge in [0.25, 0.3) is 11.8 Å². The Labute approximate surface area is 157 Å². The normalized spacial score (nSPS) is 17.9. The van der Waals surface area contributed by atoms with Crippen molar-refractivity contribution in [3.63, 3.8) is 0 Å². The third-order valence-corrected chi connectivity index (χ3v) is 5.14. The molecule has 0 saturated carbocycles. The molecule has 0 radical (unpaired) electrons. The SMILES string of the molecule is O=C(c1ccc(N2CCN(C(=O)c3ccco3)CC2)nn1)N1CCCCC1. The number of aromatic nitrogens is 2. The van der Waals surface area contributed by atoms with Gasteiger partial charge in [0.05, 0.1) is 6.26 Å². The van der Waals surface area contributed by atoms with Crippen molar-refractivity contribution in [2.24, 2.45) is 0 Å². The number of furan rings is 1. The molecule has 142 valence electrons. The largest absolute Gasteiger partial charge is 0.459 e. The molecule has 0 aliphatic carbocycles. The van der Waals surface area contributed by atoms with Crippen LogP contribution in [0, 0.1) is 0 Å². The van der Waals surface area contributed by atoms with Gasteiger partial charge in [-0.15, -0.1) is 10.2 Å². The Morgan fingerprint density at radius 2 is 1.56 bits per heavy atom. The van der Waals surface area contributed by atoms with Crippen molar-refractivity contribution in [3.05, 3.63) is 42.0 Å². The van der Waals surface area contributed by atoms with Gasteiger partial charge in [-0.2, -0.15) is 0 Å². The highest BCUT2D eigenvalue weighted by Crippen LogP contribution is 2.16. The van der Waals surface area contributed by atoms with Crippen molar-refractivity contribution in [3.8, 4) is 0 Å². The highest BCUT2D eigenvalue weighted by Gasteiger charge is 2.25. The highest BCUT2D eigenvalue weighted by atomic mass is 16.3. The van der Waals surface area contributed by atoms with Crippen molar-refractivity contribution in [2.45, 2.75) is 19.3 Å². The molecule has 2 aliphatic heterocycles. The minimum Gasteiger partial charge on any atom is -0.459 e. The third kappa shape index (κ3) is 3.79. The fourth-order valence-electron chi connectivity index (χ4n) is 3.56. The van der Waals surface area contributed by atoms with E-state index in [4.69, 9.17) is 4.42 Å². The highest BCUT2D eigenvalue weighted by molar-refractivity contribution is 5.92.